The first-order valence-corrected chi connectivity index (χ1v) is 19.9. The maximum atomic E-state index is 9.50. The van der Waals surface area contributed by atoms with E-state index in [1.54, 1.807) is 6.20 Å². The van der Waals surface area contributed by atoms with Gasteiger partial charge in [-0.15, -0.1) is 0 Å². The minimum absolute atomic E-state index is 0.254. The average Bonchev–Trinajstić information content (AvgIpc) is 3.26. The molecule has 0 saturated heterocycles. The molecule has 0 aliphatic heterocycles. The number of aromatic nitrogens is 4. The molecule has 9 rings (SSSR count). The van der Waals surface area contributed by atoms with Gasteiger partial charge in [0, 0.05) is 28.5 Å². The second-order valence-corrected chi connectivity index (χ2v) is 16.3. The van der Waals surface area contributed by atoms with E-state index in [1.807, 2.05) is 78.9 Å². The van der Waals surface area contributed by atoms with Gasteiger partial charge in [-0.05, 0) is 132 Å². The Kier molecular flexibility index (Phi) is 9.49. The van der Waals surface area contributed by atoms with Crippen LogP contribution in [0, 0.1) is 40.4 Å². The molecule has 5 aromatic carbocycles. The lowest BCUT2D eigenvalue weighted by Crippen LogP contribution is -2.42. The van der Waals surface area contributed by atoms with Gasteiger partial charge in [0.05, 0.1) is 22.9 Å². The van der Waals surface area contributed by atoms with Crippen LogP contribution in [0.25, 0.3) is 67.7 Å². The summed E-state index contributed by atoms with van der Waals surface area (Å²) in [6.07, 6.45) is 8.16. The van der Waals surface area contributed by atoms with Crippen LogP contribution in [0.4, 0.5) is 0 Å². The van der Waals surface area contributed by atoms with Crippen molar-refractivity contribution >= 4 is 0 Å². The minimum Gasteiger partial charge on any atom is -0.255 e. The summed E-state index contributed by atoms with van der Waals surface area (Å²) in [6, 6.07) is 49.6. The lowest BCUT2D eigenvalue weighted by atomic mass is 9.54. The highest BCUT2D eigenvalue weighted by atomic mass is 15.0. The van der Waals surface area contributed by atoms with Crippen molar-refractivity contribution in [2.45, 2.75) is 51.4 Å². The topological polar surface area (TPSA) is 99.1 Å². The highest BCUT2D eigenvalue weighted by Gasteiger charge is 2.45. The number of hydrogen-bond donors (Lipinski definition) is 0. The zero-order valence-electron chi connectivity index (χ0n) is 32.2. The Morgan fingerprint density at radius 3 is 1.70 bits per heavy atom. The summed E-state index contributed by atoms with van der Waals surface area (Å²) in [5.74, 6) is 4.00. The molecule has 2 bridgehead atoms. The zero-order valence-corrected chi connectivity index (χ0v) is 32.2. The first-order chi connectivity index (χ1) is 27.8. The molecule has 0 spiro atoms. The van der Waals surface area contributed by atoms with Crippen LogP contribution < -0.4 is 0 Å². The van der Waals surface area contributed by atoms with Crippen LogP contribution in [0.3, 0.4) is 0 Å². The second kappa shape index (κ2) is 15.1. The number of benzene rings is 5. The van der Waals surface area contributed by atoms with E-state index in [0.717, 1.165) is 68.0 Å². The van der Waals surface area contributed by atoms with E-state index in [9.17, 15) is 10.5 Å². The molecule has 57 heavy (non-hydrogen) atoms. The van der Waals surface area contributed by atoms with E-state index >= 15 is 0 Å². The van der Waals surface area contributed by atoms with Crippen molar-refractivity contribution in [2.24, 2.45) is 17.8 Å². The number of hydrogen-bond acceptors (Lipinski definition) is 6. The van der Waals surface area contributed by atoms with Crippen molar-refractivity contribution in [1.82, 2.24) is 19.9 Å². The van der Waals surface area contributed by atoms with Gasteiger partial charge in [-0.3, -0.25) is 4.98 Å². The van der Waals surface area contributed by atoms with Crippen LogP contribution in [0.1, 0.15) is 62.6 Å². The largest absolute Gasteiger partial charge is 0.255 e. The van der Waals surface area contributed by atoms with Crippen LogP contribution in [0.5, 0.6) is 0 Å². The Morgan fingerprint density at radius 1 is 0.491 bits per heavy atom. The molecule has 2 aliphatic rings. The van der Waals surface area contributed by atoms with Gasteiger partial charge >= 0.3 is 0 Å². The van der Waals surface area contributed by atoms with Crippen molar-refractivity contribution < 1.29 is 0 Å². The SMILES string of the molecule is C[C@@H]1C[C@@H]2C[C@H](C)CC(c3ccc(-c4cc(-c5ccc(C#N)cn5)cc(-c5nc(-c6ccccc6)nc(-c6cccc(-c7ccc(C#N)cc7)c6)n5)c4)cc3)(C1)C2. The lowest BCUT2D eigenvalue weighted by Gasteiger charge is -2.50. The van der Waals surface area contributed by atoms with Crippen LogP contribution in [-0.4, -0.2) is 19.9 Å². The Hall–Kier alpha value is -6.76. The predicted molar refractivity (Wildman–Crippen MR) is 226 cm³/mol. The van der Waals surface area contributed by atoms with E-state index in [0.29, 0.717) is 28.6 Å². The number of fused-ring (bicyclic) bond motifs is 2. The summed E-state index contributed by atoms with van der Waals surface area (Å²) in [4.78, 5) is 20.0. The van der Waals surface area contributed by atoms with E-state index in [-0.39, 0.29) is 5.41 Å². The molecule has 4 atom stereocenters. The summed E-state index contributed by atoms with van der Waals surface area (Å²) in [5.41, 5.74) is 11.3. The Labute approximate surface area is 334 Å². The summed E-state index contributed by atoms with van der Waals surface area (Å²) in [7, 11) is 0. The van der Waals surface area contributed by atoms with Crippen molar-refractivity contribution in [1.29, 1.82) is 10.5 Å². The highest BCUT2D eigenvalue weighted by Crippen LogP contribution is 2.54. The van der Waals surface area contributed by atoms with Crippen molar-refractivity contribution in [2.75, 3.05) is 0 Å². The van der Waals surface area contributed by atoms with Gasteiger partial charge in [-0.2, -0.15) is 10.5 Å². The van der Waals surface area contributed by atoms with Crippen LogP contribution in [0.2, 0.25) is 0 Å². The molecular formula is C51H42N6. The second-order valence-electron chi connectivity index (χ2n) is 16.3. The third-order valence-electron chi connectivity index (χ3n) is 12.0. The molecule has 0 N–H and O–H groups in total. The maximum Gasteiger partial charge on any atom is 0.164 e. The van der Waals surface area contributed by atoms with Gasteiger partial charge in [0.25, 0.3) is 0 Å². The maximum absolute atomic E-state index is 9.50. The van der Waals surface area contributed by atoms with Gasteiger partial charge in [0.2, 0.25) is 0 Å². The van der Waals surface area contributed by atoms with E-state index in [4.69, 9.17) is 19.9 Å². The molecule has 1 unspecified atom stereocenters. The van der Waals surface area contributed by atoms with Gasteiger partial charge in [0.1, 0.15) is 6.07 Å². The van der Waals surface area contributed by atoms with Crippen LogP contribution >= 0.6 is 0 Å². The number of pyridine rings is 1. The predicted octanol–water partition coefficient (Wildman–Crippen LogP) is 12.1. The molecule has 2 fully saturated rings. The number of rotatable bonds is 7. The molecule has 2 aromatic heterocycles. The Morgan fingerprint density at radius 2 is 1.04 bits per heavy atom. The van der Waals surface area contributed by atoms with Crippen molar-refractivity contribution in [3.05, 3.63) is 156 Å². The molecule has 0 radical (unpaired) electrons. The van der Waals surface area contributed by atoms with Crippen molar-refractivity contribution in [3.63, 3.8) is 0 Å². The summed E-state index contributed by atoms with van der Waals surface area (Å²) in [6.45, 7) is 4.88. The molecule has 2 heterocycles. The first-order valence-electron chi connectivity index (χ1n) is 19.9. The van der Waals surface area contributed by atoms with E-state index in [1.165, 1.54) is 37.7 Å². The lowest BCUT2D eigenvalue weighted by molar-refractivity contribution is 0.0780. The molecule has 2 saturated carbocycles. The molecule has 6 nitrogen and oxygen atoms in total. The van der Waals surface area contributed by atoms with E-state index in [2.05, 4.69) is 80.6 Å². The molecule has 0 amide bonds. The summed E-state index contributed by atoms with van der Waals surface area (Å²) in [5, 5.41) is 18.8. The zero-order chi connectivity index (χ0) is 38.9. The minimum atomic E-state index is 0.254. The molecule has 2 aliphatic carbocycles. The fraction of sp³-hybridized carbons (Fsp3) is 0.216. The molecule has 7 aromatic rings. The average molecular weight is 739 g/mol. The quantitative estimate of drug-likeness (QED) is 0.161. The molecule has 6 heteroatoms. The third-order valence-corrected chi connectivity index (χ3v) is 12.0. The summed E-state index contributed by atoms with van der Waals surface area (Å²) >= 11 is 0. The molecular weight excluding hydrogens is 697 g/mol. The van der Waals surface area contributed by atoms with Crippen molar-refractivity contribution in [3.8, 4) is 79.8 Å². The summed E-state index contributed by atoms with van der Waals surface area (Å²) < 4.78 is 0. The fourth-order valence-electron chi connectivity index (χ4n) is 9.70. The third kappa shape index (κ3) is 7.35. The van der Waals surface area contributed by atoms with Crippen LogP contribution in [-0.2, 0) is 5.41 Å². The fourth-order valence-corrected chi connectivity index (χ4v) is 9.70. The van der Waals surface area contributed by atoms with E-state index < -0.39 is 0 Å². The Bertz CT molecular complexity index is 2630. The monoisotopic (exact) mass is 738 g/mol. The number of nitrogens with zero attached hydrogens (tertiary/aromatic N) is 6. The highest BCUT2D eigenvalue weighted by molar-refractivity contribution is 5.80. The number of nitriles is 2. The Balaban J connectivity index is 1.17. The normalized spacial score (nSPS) is 20.0. The standard InChI is InChI=1S/C51H42N6/c1-33-21-37-22-34(2)28-51(27-33,29-37)46-18-16-39(17-19-46)43-24-44(47-20-13-36(31-53)32-54-47)26-45(25-43)50-56-48(40-7-4-3-5-8-40)55-49(57-50)42-10-6-9-41(23-42)38-14-11-35(30-52)12-15-38/h3-20,23-26,32-34,37H,21-22,27-29H2,1-2H3/t33-,34+,37-,51?. The van der Waals surface area contributed by atoms with Crippen LogP contribution in [0.15, 0.2) is 140 Å². The van der Waals surface area contributed by atoms with Gasteiger partial charge in [-0.1, -0.05) is 98.8 Å². The molecule has 276 valence electrons. The van der Waals surface area contributed by atoms with Gasteiger partial charge in [-0.25, -0.2) is 15.0 Å². The van der Waals surface area contributed by atoms with Gasteiger partial charge < -0.3 is 0 Å². The first kappa shape index (κ1) is 35.9. The smallest absolute Gasteiger partial charge is 0.164 e. The van der Waals surface area contributed by atoms with Gasteiger partial charge in [0.15, 0.2) is 17.5 Å².